The van der Waals surface area contributed by atoms with Crippen LogP contribution in [0.4, 0.5) is 0 Å². The molecule has 2 aromatic carbocycles. The lowest BCUT2D eigenvalue weighted by Gasteiger charge is -2.07. The van der Waals surface area contributed by atoms with E-state index in [1.807, 2.05) is 0 Å². The molecule has 3 aromatic rings. The Morgan fingerprint density at radius 1 is 1.00 bits per heavy atom. The highest BCUT2D eigenvalue weighted by Crippen LogP contribution is 2.21. The molecule has 3 rings (SSSR count). The summed E-state index contributed by atoms with van der Waals surface area (Å²) >= 11 is 17.7. The van der Waals surface area contributed by atoms with E-state index in [4.69, 9.17) is 39.5 Å². The van der Waals surface area contributed by atoms with E-state index >= 15 is 0 Å². The molecule has 6 nitrogen and oxygen atoms in total. The Morgan fingerprint density at radius 3 is 2.43 bits per heavy atom. The Balaban J connectivity index is 1.51. The average Bonchev–Trinajstić information content (AvgIpc) is 3.16. The number of ether oxygens (including phenoxy) is 1. The lowest BCUT2D eigenvalue weighted by Crippen LogP contribution is -2.28. The molecular weight excluding hydrogens is 425 g/mol. The summed E-state index contributed by atoms with van der Waals surface area (Å²) in [6.07, 6.45) is 0. The van der Waals surface area contributed by atoms with Crippen LogP contribution in [-0.4, -0.2) is 28.7 Å². The molecule has 0 atom stereocenters. The van der Waals surface area contributed by atoms with E-state index in [2.05, 4.69) is 15.5 Å². The van der Waals surface area contributed by atoms with Gasteiger partial charge in [-0.15, -0.1) is 0 Å². The molecule has 144 valence electrons. The number of aromatic nitrogens is 2. The highest BCUT2D eigenvalue weighted by atomic mass is 35.5. The normalized spacial score (nSPS) is 10.5. The van der Waals surface area contributed by atoms with Crippen LogP contribution in [0, 0.1) is 0 Å². The summed E-state index contributed by atoms with van der Waals surface area (Å²) in [6.45, 7) is -0.240. The number of halogens is 3. The molecule has 0 radical (unpaired) electrons. The van der Waals surface area contributed by atoms with Crippen molar-refractivity contribution in [1.29, 1.82) is 0 Å². The quantitative estimate of drug-likeness (QED) is 0.555. The standard InChI is InChI=1S/C19H14Cl3N3O3/c20-13-4-1-11(2-5-13)16-8-17(25-24-16)19(27)28-10-18(26)23-9-12-3-6-14(21)7-15(12)22/h1-8H,9-10H2,(H,23,26)(H,24,25). The SMILES string of the molecule is O=C(COC(=O)c1cc(-c2ccc(Cl)cc2)n[nH]1)NCc1ccc(Cl)cc1Cl. The van der Waals surface area contributed by atoms with Crippen LogP contribution in [0.3, 0.4) is 0 Å². The van der Waals surface area contributed by atoms with Crippen LogP contribution in [-0.2, 0) is 16.1 Å². The summed E-state index contributed by atoms with van der Waals surface area (Å²) in [5, 5.41) is 10.8. The zero-order valence-electron chi connectivity index (χ0n) is 14.3. The number of carbonyl (C=O) groups excluding carboxylic acids is 2. The van der Waals surface area contributed by atoms with Crippen molar-refractivity contribution in [3.8, 4) is 11.3 Å². The summed E-state index contributed by atoms with van der Waals surface area (Å²) in [5.41, 5.74) is 2.19. The van der Waals surface area contributed by atoms with Gasteiger partial charge < -0.3 is 10.1 Å². The molecule has 0 aliphatic rings. The van der Waals surface area contributed by atoms with Gasteiger partial charge in [-0.25, -0.2) is 4.79 Å². The maximum Gasteiger partial charge on any atom is 0.356 e. The Kier molecular flexibility index (Phi) is 6.57. The zero-order chi connectivity index (χ0) is 20.1. The molecule has 0 unspecified atom stereocenters. The van der Waals surface area contributed by atoms with E-state index in [1.165, 1.54) is 6.07 Å². The second-order valence-electron chi connectivity index (χ2n) is 5.76. The third kappa shape index (κ3) is 5.25. The van der Waals surface area contributed by atoms with Crippen molar-refractivity contribution in [2.45, 2.75) is 6.54 Å². The van der Waals surface area contributed by atoms with E-state index in [1.54, 1.807) is 42.5 Å². The third-order valence-electron chi connectivity index (χ3n) is 3.76. The van der Waals surface area contributed by atoms with Crippen molar-refractivity contribution in [2.24, 2.45) is 0 Å². The smallest absolute Gasteiger partial charge is 0.356 e. The number of H-pyrrole nitrogens is 1. The van der Waals surface area contributed by atoms with Gasteiger partial charge in [-0.3, -0.25) is 9.89 Å². The van der Waals surface area contributed by atoms with Crippen molar-refractivity contribution in [3.05, 3.63) is 74.9 Å². The summed E-state index contributed by atoms with van der Waals surface area (Å²) in [7, 11) is 0. The summed E-state index contributed by atoms with van der Waals surface area (Å²) in [6, 6.07) is 13.5. The molecule has 0 fully saturated rings. The lowest BCUT2D eigenvalue weighted by atomic mass is 10.1. The molecule has 0 saturated heterocycles. The number of carbonyl (C=O) groups is 2. The van der Waals surface area contributed by atoms with Gasteiger partial charge in [-0.2, -0.15) is 5.10 Å². The molecule has 28 heavy (non-hydrogen) atoms. The predicted molar refractivity (Wildman–Crippen MR) is 108 cm³/mol. The van der Waals surface area contributed by atoms with E-state index in [0.717, 1.165) is 5.56 Å². The number of nitrogens with zero attached hydrogens (tertiary/aromatic N) is 1. The van der Waals surface area contributed by atoms with Crippen molar-refractivity contribution >= 4 is 46.7 Å². The number of amides is 1. The topological polar surface area (TPSA) is 84.1 Å². The highest BCUT2D eigenvalue weighted by molar-refractivity contribution is 6.35. The van der Waals surface area contributed by atoms with Crippen LogP contribution in [0.2, 0.25) is 15.1 Å². The van der Waals surface area contributed by atoms with Crippen molar-refractivity contribution in [3.63, 3.8) is 0 Å². The van der Waals surface area contributed by atoms with Gasteiger partial charge in [0.1, 0.15) is 5.69 Å². The van der Waals surface area contributed by atoms with Crippen LogP contribution >= 0.6 is 34.8 Å². The average molecular weight is 439 g/mol. The maximum atomic E-state index is 12.1. The molecule has 9 heteroatoms. The Labute approximate surface area is 175 Å². The minimum absolute atomic E-state index is 0.137. The van der Waals surface area contributed by atoms with Crippen LogP contribution < -0.4 is 5.32 Å². The van der Waals surface area contributed by atoms with E-state index in [9.17, 15) is 9.59 Å². The van der Waals surface area contributed by atoms with Crippen molar-refractivity contribution in [2.75, 3.05) is 6.61 Å². The largest absolute Gasteiger partial charge is 0.451 e. The van der Waals surface area contributed by atoms with Gasteiger partial charge in [-0.1, -0.05) is 53.0 Å². The Hall–Kier alpha value is -2.54. The summed E-state index contributed by atoms with van der Waals surface area (Å²) in [5.74, 6) is -1.15. The third-order valence-corrected chi connectivity index (χ3v) is 4.60. The second-order valence-corrected chi connectivity index (χ2v) is 7.04. The predicted octanol–water partition coefficient (Wildman–Crippen LogP) is 4.51. The van der Waals surface area contributed by atoms with Gasteiger partial charge in [0.2, 0.25) is 0 Å². The number of aromatic amines is 1. The number of hydrogen-bond donors (Lipinski definition) is 2. The first-order valence-electron chi connectivity index (χ1n) is 8.11. The fourth-order valence-corrected chi connectivity index (χ4v) is 2.91. The second kappa shape index (κ2) is 9.10. The summed E-state index contributed by atoms with van der Waals surface area (Å²) in [4.78, 5) is 24.0. The van der Waals surface area contributed by atoms with Crippen LogP contribution in [0.1, 0.15) is 16.1 Å². The van der Waals surface area contributed by atoms with Gasteiger partial charge in [0.15, 0.2) is 6.61 Å². The molecule has 1 aromatic heterocycles. The molecule has 0 saturated carbocycles. The van der Waals surface area contributed by atoms with Gasteiger partial charge in [0, 0.05) is 27.2 Å². The molecule has 0 bridgehead atoms. The van der Waals surface area contributed by atoms with Gasteiger partial charge in [0.25, 0.3) is 5.91 Å². The molecular formula is C19H14Cl3N3O3. The first kappa shape index (κ1) is 20.2. The van der Waals surface area contributed by atoms with Crippen LogP contribution in [0.15, 0.2) is 48.5 Å². The minimum atomic E-state index is -0.688. The molecule has 0 aliphatic carbocycles. The number of esters is 1. The molecule has 1 heterocycles. The monoisotopic (exact) mass is 437 g/mol. The van der Waals surface area contributed by atoms with E-state index in [-0.39, 0.29) is 12.2 Å². The zero-order valence-corrected chi connectivity index (χ0v) is 16.6. The fraction of sp³-hybridized carbons (Fsp3) is 0.105. The molecule has 2 N–H and O–H groups in total. The van der Waals surface area contributed by atoms with Gasteiger partial charge >= 0.3 is 5.97 Å². The first-order valence-corrected chi connectivity index (χ1v) is 9.25. The molecule has 1 amide bonds. The number of rotatable bonds is 6. The molecule has 0 spiro atoms. The van der Waals surface area contributed by atoms with E-state index < -0.39 is 18.5 Å². The van der Waals surface area contributed by atoms with Crippen molar-refractivity contribution in [1.82, 2.24) is 15.5 Å². The van der Waals surface area contributed by atoms with Gasteiger partial charge in [0.05, 0.1) is 5.69 Å². The maximum absolute atomic E-state index is 12.1. The fourth-order valence-electron chi connectivity index (χ4n) is 2.31. The number of hydrogen-bond acceptors (Lipinski definition) is 4. The molecule has 0 aliphatic heterocycles. The highest BCUT2D eigenvalue weighted by Gasteiger charge is 2.14. The Morgan fingerprint density at radius 2 is 1.71 bits per heavy atom. The van der Waals surface area contributed by atoms with Crippen LogP contribution in [0.5, 0.6) is 0 Å². The van der Waals surface area contributed by atoms with Crippen molar-refractivity contribution < 1.29 is 14.3 Å². The number of benzene rings is 2. The Bertz CT molecular complexity index is 1000. The first-order chi connectivity index (χ1) is 13.4. The minimum Gasteiger partial charge on any atom is -0.451 e. The summed E-state index contributed by atoms with van der Waals surface area (Å²) < 4.78 is 5.00. The lowest BCUT2D eigenvalue weighted by molar-refractivity contribution is -0.124. The van der Waals surface area contributed by atoms with E-state index in [0.29, 0.717) is 26.3 Å². The van der Waals surface area contributed by atoms with Gasteiger partial charge in [-0.05, 0) is 35.9 Å². The number of nitrogens with one attached hydrogen (secondary N) is 2. The van der Waals surface area contributed by atoms with Crippen LogP contribution in [0.25, 0.3) is 11.3 Å².